The Labute approximate surface area is 167 Å². The van der Waals surface area contributed by atoms with E-state index in [2.05, 4.69) is 28.9 Å². The van der Waals surface area contributed by atoms with Gasteiger partial charge in [0.15, 0.2) is 5.65 Å². The zero-order valence-corrected chi connectivity index (χ0v) is 16.5. The maximum absolute atomic E-state index is 13.1. The highest BCUT2D eigenvalue weighted by Gasteiger charge is 2.25. The van der Waals surface area contributed by atoms with Crippen molar-refractivity contribution < 1.29 is 4.79 Å². The van der Waals surface area contributed by atoms with Crippen molar-refractivity contribution in [2.45, 2.75) is 32.9 Å². The van der Waals surface area contributed by atoms with Gasteiger partial charge in [-0.25, -0.2) is 9.67 Å². The van der Waals surface area contributed by atoms with Crippen LogP contribution in [0.15, 0.2) is 36.7 Å². The number of nitrogens with zero attached hydrogens (tertiary/aromatic N) is 4. The van der Waals surface area contributed by atoms with Crippen LogP contribution in [0.5, 0.6) is 0 Å². The third-order valence-electron chi connectivity index (χ3n) is 5.39. The lowest BCUT2D eigenvalue weighted by molar-refractivity contribution is 0.0735. The fourth-order valence-corrected chi connectivity index (χ4v) is 4.15. The molecule has 1 aliphatic heterocycles. The Hall–Kier alpha value is -2.86. The molecule has 1 aromatic carbocycles. The molecule has 4 heterocycles. The number of benzene rings is 1. The molecule has 0 saturated carbocycles. The van der Waals surface area contributed by atoms with Crippen LogP contribution >= 0.6 is 11.6 Å². The van der Waals surface area contributed by atoms with Crippen LogP contribution < -0.4 is 0 Å². The number of hydrogen-bond donors (Lipinski definition) is 1. The van der Waals surface area contributed by atoms with E-state index < -0.39 is 0 Å². The van der Waals surface area contributed by atoms with Gasteiger partial charge in [0.05, 0.1) is 11.8 Å². The largest absolute Gasteiger partial charge is 0.358 e. The summed E-state index contributed by atoms with van der Waals surface area (Å²) < 4.78 is 1.87. The van der Waals surface area contributed by atoms with E-state index in [0.29, 0.717) is 23.7 Å². The van der Waals surface area contributed by atoms with Gasteiger partial charge >= 0.3 is 0 Å². The number of pyridine rings is 1. The molecule has 0 spiro atoms. The molecule has 0 fully saturated rings. The minimum absolute atomic E-state index is 0.00581. The summed E-state index contributed by atoms with van der Waals surface area (Å²) in [5, 5.41) is 7.06. The lowest BCUT2D eigenvalue weighted by Gasteiger charge is -2.27. The van der Waals surface area contributed by atoms with Crippen LogP contribution in [0.4, 0.5) is 0 Å². The average molecular weight is 394 g/mol. The molecule has 0 unspecified atom stereocenters. The number of aromatic nitrogens is 4. The van der Waals surface area contributed by atoms with Crippen molar-refractivity contribution >= 4 is 39.4 Å². The number of carbonyl (C=O) groups excluding carboxylic acids is 1. The fraction of sp³-hybridized carbons (Fsp3) is 0.286. The fourth-order valence-electron chi connectivity index (χ4n) is 3.98. The minimum Gasteiger partial charge on any atom is -0.358 e. The highest BCUT2D eigenvalue weighted by Crippen LogP contribution is 2.30. The molecule has 7 heteroatoms. The van der Waals surface area contributed by atoms with E-state index in [9.17, 15) is 4.79 Å². The Morgan fingerprint density at radius 1 is 1.25 bits per heavy atom. The smallest absolute Gasteiger partial charge is 0.255 e. The maximum Gasteiger partial charge on any atom is 0.255 e. The predicted molar refractivity (Wildman–Crippen MR) is 110 cm³/mol. The molecule has 28 heavy (non-hydrogen) atoms. The number of halogens is 1. The summed E-state index contributed by atoms with van der Waals surface area (Å²) in [5.74, 6) is -0.00581. The van der Waals surface area contributed by atoms with Crippen LogP contribution in [0, 0.1) is 0 Å². The zero-order chi connectivity index (χ0) is 19.4. The van der Waals surface area contributed by atoms with E-state index in [4.69, 9.17) is 11.6 Å². The van der Waals surface area contributed by atoms with E-state index in [1.54, 1.807) is 12.4 Å². The first-order chi connectivity index (χ1) is 13.5. The van der Waals surface area contributed by atoms with Gasteiger partial charge in [-0.2, -0.15) is 5.10 Å². The number of carbonyl (C=O) groups is 1. The molecule has 0 saturated heterocycles. The van der Waals surface area contributed by atoms with Gasteiger partial charge in [-0.15, -0.1) is 0 Å². The molecular weight excluding hydrogens is 374 g/mol. The monoisotopic (exact) mass is 393 g/mol. The third kappa shape index (κ3) is 2.67. The van der Waals surface area contributed by atoms with Crippen molar-refractivity contribution in [2.24, 2.45) is 0 Å². The molecular formula is C21H20ClN5O. The number of rotatable bonds is 2. The molecule has 0 bridgehead atoms. The van der Waals surface area contributed by atoms with Gasteiger partial charge in [0, 0.05) is 64.3 Å². The lowest BCUT2D eigenvalue weighted by Crippen LogP contribution is -2.35. The highest BCUT2D eigenvalue weighted by molar-refractivity contribution is 6.31. The number of fused-ring (bicyclic) bond motifs is 4. The van der Waals surface area contributed by atoms with Crippen LogP contribution in [0.25, 0.3) is 21.9 Å². The van der Waals surface area contributed by atoms with Crippen LogP contribution in [-0.4, -0.2) is 37.1 Å². The first-order valence-corrected chi connectivity index (χ1v) is 9.80. The second-order valence-corrected chi connectivity index (χ2v) is 8.00. The second kappa shape index (κ2) is 6.34. The molecule has 6 nitrogen and oxygen atoms in total. The maximum atomic E-state index is 13.1. The standard InChI is InChI=1S/C21H20ClN5O/c1-12(2)27-20-13(10-24-27)7-14(9-23-20)21(28)26-6-5-19-17(11-26)16-8-15(22)3-4-18(16)25-19/h3-4,7-10,12,25H,5-6,11H2,1-2H3. The Balaban J connectivity index is 1.47. The van der Waals surface area contributed by atoms with Crippen molar-refractivity contribution in [3.63, 3.8) is 0 Å². The summed E-state index contributed by atoms with van der Waals surface area (Å²) in [7, 11) is 0. The predicted octanol–water partition coefficient (Wildman–Crippen LogP) is 4.35. The first kappa shape index (κ1) is 17.3. The van der Waals surface area contributed by atoms with Crippen molar-refractivity contribution in [1.29, 1.82) is 0 Å². The molecule has 1 N–H and O–H groups in total. The number of H-pyrrole nitrogens is 1. The van der Waals surface area contributed by atoms with Crippen molar-refractivity contribution in [2.75, 3.05) is 6.54 Å². The van der Waals surface area contributed by atoms with Crippen LogP contribution in [-0.2, 0) is 13.0 Å². The molecule has 3 aromatic heterocycles. The quantitative estimate of drug-likeness (QED) is 0.550. The van der Waals surface area contributed by atoms with Gasteiger partial charge in [0.25, 0.3) is 5.91 Å². The van der Waals surface area contributed by atoms with Crippen LogP contribution in [0.2, 0.25) is 5.02 Å². The first-order valence-electron chi connectivity index (χ1n) is 9.43. The zero-order valence-electron chi connectivity index (χ0n) is 15.7. The van der Waals surface area contributed by atoms with Crippen LogP contribution in [0.3, 0.4) is 0 Å². The van der Waals surface area contributed by atoms with Gasteiger partial charge in [-0.3, -0.25) is 4.79 Å². The summed E-state index contributed by atoms with van der Waals surface area (Å²) in [6.45, 7) is 5.37. The van der Waals surface area contributed by atoms with Gasteiger partial charge in [0.2, 0.25) is 0 Å². The van der Waals surface area contributed by atoms with Crippen molar-refractivity contribution in [1.82, 2.24) is 24.6 Å². The van der Waals surface area contributed by atoms with Crippen molar-refractivity contribution in [3.05, 3.63) is 58.5 Å². The SMILES string of the molecule is CC(C)n1ncc2cc(C(=O)N3CCc4[nH]c5ccc(Cl)cc5c4C3)cnc21. The van der Waals surface area contributed by atoms with Gasteiger partial charge < -0.3 is 9.88 Å². The Kier molecular flexibility index (Phi) is 3.91. The Morgan fingerprint density at radius 3 is 2.93 bits per heavy atom. The molecule has 0 aliphatic carbocycles. The van der Waals surface area contributed by atoms with E-state index in [1.165, 1.54) is 5.69 Å². The van der Waals surface area contributed by atoms with E-state index >= 15 is 0 Å². The summed E-state index contributed by atoms with van der Waals surface area (Å²) in [4.78, 5) is 23.0. The molecule has 0 radical (unpaired) electrons. The topological polar surface area (TPSA) is 66.8 Å². The number of nitrogens with one attached hydrogen (secondary N) is 1. The molecule has 4 aromatic rings. The second-order valence-electron chi connectivity index (χ2n) is 7.57. The van der Waals surface area contributed by atoms with Gasteiger partial charge in [-0.1, -0.05) is 11.6 Å². The molecule has 5 rings (SSSR count). The van der Waals surface area contributed by atoms with E-state index in [-0.39, 0.29) is 11.9 Å². The summed E-state index contributed by atoms with van der Waals surface area (Å²) >= 11 is 6.18. The Bertz CT molecular complexity index is 1220. The summed E-state index contributed by atoms with van der Waals surface area (Å²) in [6.07, 6.45) is 4.23. The molecule has 1 amide bonds. The number of hydrogen-bond acceptors (Lipinski definition) is 3. The lowest BCUT2D eigenvalue weighted by atomic mass is 10.0. The normalized spacial score (nSPS) is 14.2. The minimum atomic E-state index is -0.00581. The van der Waals surface area contributed by atoms with E-state index in [0.717, 1.165) is 33.9 Å². The molecule has 142 valence electrons. The van der Waals surface area contributed by atoms with Gasteiger partial charge in [-0.05, 0) is 38.1 Å². The highest BCUT2D eigenvalue weighted by atomic mass is 35.5. The molecule has 0 atom stereocenters. The third-order valence-corrected chi connectivity index (χ3v) is 5.63. The van der Waals surface area contributed by atoms with Gasteiger partial charge in [0.1, 0.15) is 0 Å². The van der Waals surface area contributed by atoms with Crippen LogP contribution in [0.1, 0.15) is 41.5 Å². The number of amides is 1. The summed E-state index contributed by atoms with van der Waals surface area (Å²) in [6, 6.07) is 7.95. The summed E-state index contributed by atoms with van der Waals surface area (Å²) in [5.41, 5.74) is 4.80. The average Bonchev–Trinajstić information content (AvgIpc) is 3.27. The molecule has 1 aliphatic rings. The number of aromatic amines is 1. The Morgan fingerprint density at radius 2 is 2.11 bits per heavy atom. The van der Waals surface area contributed by atoms with Crippen molar-refractivity contribution in [3.8, 4) is 0 Å². The van der Waals surface area contributed by atoms with E-state index in [1.807, 2.05) is 33.8 Å².